The van der Waals surface area contributed by atoms with E-state index in [1.807, 2.05) is 6.07 Å². The Kier molecular flexibility index (Phi) is 8.45. The number of phenolic OH excluding ortho intramolecular Hbond substituents is 1. The maximum absolute atomic E-state index is 10.6. The number of nitrogens with one attached hydrogen (secondary N) is 1. The number of piperazine rings is 1. The van der Waals surface area contributed by atoms with Crippen LogP contribution in [0, 0.1) is 5.92 Å². The van der Waals surface area contributed by atoms with Crippen LogP contribution in [-0.4, -0.2) is 43.3 Å². The molecule has 4 nitrogen and oxygen atoms in total. The zero-order valence-electron chi connectivity index (χ0n) is 13.3. The highest BCUT2D eigenvalue weighted by molar-refractivity contribution is 9.10. The van der Waals surface area contributed by atoms with Gasteiger partial charge >= 0.3 is 0 Å². The number of aromatic hydroxyl groups is 1. The molecule has 0 unspecified atom stereocenters. The van der Waals surface area contributed by atoms with Gasteiger partial charge in [-0.3, -0.25) is 4.90 Å². The zero-order valence-corrected chi connectivity index (χ0v) is 16.5. The van der Waals surface area contributed by atoms with Crippen LogP contribution >= 0.6 is 40.7 Å². The molecule has 1 aliphatic heterocycles. The van der Waals surface area contributed by atoms with Crippen molar-refractivity contribution in [2.24, 2.45) is 5.92 Å². The Labute approximate surface area is 158 Å². The third-order valence-corrected chi connectivity index (χ3v) is 5.21. The number of halogens is 3. The first-order valence-corrected chi connectivity index (χ1v) is 8.51. The van der Waals surface area contributed by atoms with Crippen LogP contribution in [0.4, 0.5) is 0 Å². The van der Waals surface area contributed by atoms with Gasteiger partial charge in [0.25, 0.3) is 0 Å². The monoisotopic (exact) mass is 426 g/mol. The number of nitrogens with zero attached hydrogens (tertiary/aromatic N) is 1. The second-order valence-electron chi connectivity index (χ2n) is 5.97. The molecule has 132 valence electrons. The van der Waals surface area contributed by atoms with Crippen molar-refractivity contribution in [2.75, 3.05) is 33.3 Å². The minimum Gasteiger partial charge on any atom is -0.504 e. The lowest BCUT2D eigenvalue weighted by Gasteiger charge is -2.43. The normalized spacial score (nSPS) is 19.9. The topological polar surface area (TPSA) is 44.7 Å². The van der Waals surface area contributed by atoms with Gasteiger partial charge in [0, 0.05) is 42.3 Å². The van der Waals surface area contributed by atoms with E-state index in [2.05, 4.69) is 32.2 Å². The molecule has 0 amide bonds. The van der Waals surface area contributed by atoms with Crippen LogP contribution in [0.3, 0.4) is 0 Å². The van der Waals surface area contributed by atoms with Gasteiger partial charge in [-0.05, 0) is 30.9 Å². The second-order valence-corrected chi connectivity index (χ2v) is 6.88. The summed E-state index contributed by atoms with van der Waals surface area (Å²) in [4.78, 5) is 2.52. The fourth-order valence-electron chi connectivity index (χ4n) is 3.44. The summed E-state index contributed by atoms with van der Waals surface area (Å²) in [5.74, 6) is 1.50. The van der Waals surface area contributed by atoms with Crippen molar-refractivity contribution in [3.63, 3.8) is 0 Å². The number of rotatable bonds is 4. The first-order chi connectivity index (χ1) is 10.2. The summed E-state index contributed by atoms with van der Waals surface area (Å²) < 4.78 is 6.29. The Balaban J connectivity index is 0.00000132. The Morgan fingerprint density at radius 3 is 2.43 bits per heavy atom. The number of hydrogen-bond donors (Lipinski definition) is 2. The average Bonchev–Trinajstić information content (AvgIpc) is 2.46. The van der Waals surface area contributed by atoms with E-state index in [-0.39, 0.29) is 24.8 Å². The molecule has 1 heterocycles. The van der Waals surface area contributed by atoms with Gasteiger partial charge in [-0.1, -0.05) is 22.4 Å². The predicted molar refractivity (Wildman–Crippen MR) is 101 cm³/mol. The molecule has 1 aromatic carbocycles. The summed E-state index contributed by atoms with van der Waals surface area (Å²) in [6, 6.07) is 4.18. The zero-order chi connectivity index (χ0) is 14.8. The molecule has 1 aliphatic carbocycles. The lowest BCUT2D eigenvalue weighted by atomic mass is 9.76. The summed E-state index contributed by atoms with van der Waals surface area (Å²) in [5.41, 5.74) is 1.01. The van der Waals surface area contributed by atoms with Crippen LogP contribution < -0.4 is 10.1 Å². The van der Waals surface area contributed by atoms with Crippen molar-refractivity contribution in [3.05, 3.63) is 22.2 Å². The number of benzene rings is 1. The van der Waals surface area contributed by atoms with E-state index in [1.165, 1.54) is 19.3 Å². The molecular formula is C16H25BrCl2N2O2. The molecule has 7 heteroatoms. The van der Waals surface area contributed by atoms with E-state index >= 15 is 0 Å². The highest BCUT2D eigenvalue weighted by Gasteiger charge is 2.35. The van der Waals surface area contributed by atoms with Gasteiger partial charge in [-0.15, -0.1) is 24.8 Å². The number of ether oxygens (including phenoxy) is 1. The molecule has 1 atom stereocenters. The van der Waals surface area contributed by atoms with Crippen LogP contribution in [0.15, 0.2) is 16.6 Å². The predicted octanol–water partition coefficient (Wildman–Crippen LogP) is 3.75. The largest absolute Gasteiger partial charge is 0.504 e. The SMILES string of the molecule is COc1cc(Br)cc([C@@H](C2CCC2)N2CCNCC2)c1O.Cl.Cl. The maximum atomic E-state index is 10.6. The van der Waals surface area contributed by atoms with E-state index < -0.39 is 0 Å². The molecule has 0 spiro atoms. The summed E-state index contributed by atoms with van der Waals surface area (Å²) in [6.45, 7) is 4.12. The van der Waals surface area contributed by atoms with E-state index in [4.69, 9.17) is 4.74 Å². The molecule has 1 saturated heterocycles. The highest BCUT2D eigenvalue weighted by Crippen LogP contribution is 2.47. The number of methoxy groups -OCH3 is 1. The lowest BCUT2D eigenvalue weighted by molar-refractivity contribution is 0.0816. The average molecular weight is 428 g/mol. The number of phenols is 1. The molecule has 1 aromatic rings. The summed E-state index contributed by atoms with van der Waals surface area (Å²) in [7, 11) is 1.61. The number of hydrogen-bond acceptors (Lipinski definition) is 4. The Morgan fingerprint density at radius 2 is 1.91 bits per heavy atom. The molecular weight excluding hydrogens is 403 g/mol. The molecule has 3 rings (SSSR count). The minimum atomic E-state index is 0. The van der Waals surface area contributed by atoms with Crippen molar-refractivity contribution in [1.29, 1.82) is 0 Å². The van der Waals surface area contributed by atoms with Crippen molar-refractivity contribution < 1.29 is 9.84 Å². The fourth-order valence-corrected chi connectivity index (χ4v) is 3.89. The van der Waals surface area contributed by atoms with Gasteiger partial charge in [0.15, 0.2) is 11.5 Å². The smallest absolute Gasteiger partial charge is 0.162 e. The van der Waals surface area contributed by atoms with Crippen molar-refractivity contribution in [1.82, 2.24) is 10.2 Å². The lowest BCUT2D eigenvalue weighted by Crippen LogP contribution is -2.47. The van der Waals surface area contributed by atoms with E-state index in [1.54, 1.807) is 7.11 Å². The molecule has 1 saturated carbocycles. The molecule has 2 aliphatic rings. The summed E-state index contributed by atoms with van der Waals surface area (Å²) >= 11 is 3.55. The quantitative estimate of drug-likeness (QED) is 0.767. The molecule has 0 aromatic heterocycles. The second kappa shape index (κ2) is 9.33. The minimum absolute atomic E-state index is 0. The molecule has 2 N–H and O–H groups in total. The Hall–Kier alpha value is -0.200. The van der Waals surface area contributed by atoms with Gasteiger partial charge in [0.2, 0.25) is 0 Å². The third kappa shape index (κ3) is 4.45. The van der Waals surface area contributed by atoms with E-state index in [0.717, 1.165) is 36.2 Å². The third-order valence-electron chi connectivity index (χ3n) is 4.75. The van der Waals surface area contributed by atoms with Crippen LogP contribution in [0.5, 0.6) is 11.5 Å². The van der Waals surface area contributed by atoms with Crippen LogP contribution in [-0.2, 0) is 0 Å². The molecule has 0 bridgehead atoms. The first-order valence-electron chi connectivity index (χ1n) is 7.72. The first kappa shape index (κ1) is 20.8. The van der Waals surface area contributed by atoms with Gasteiger partial charge in [0.05, 0.1) is 7.11 Å². The maximum Gasteiger partial charge on any atom is 0.162 e. The van der Waals surface area contributed by atoms with Crippen molar-refractivity contribution >= 4 is 40.7 Å². The summed E-state index contributed by atoms with van der Waals surface area (Å²) in [6.07, 6.45) is 3.81. The van der Waals surface area contributed by atoms with Gasteiger partial charge < -0.3 is 15.2 Å². The Morgan fingerprint density at radius 1 is 1.26 bits per heavy atom. The van der Waals surface area contributed by atoms with Crippen molar-refractivity contribution in [2.45, 2.75) is 25.3 Å². The molecule has 0 radical (unpaired) electrons. The van der Waals surface area contributed by atoms with Crippen LogP contribution in [0.1, 0.15) is 30.9 Å². The standard InChI is InChI=1S/C16H23BrN2O2.2ClH/c1-21-14-10-12(17)9-13(16(14)20)15(11-3-2-4-11)19-7-5-18-6-8-19;;/h9-11,15,18,20H,2-8H2,1H3;2*1H/t15-;;/m1../s1. The van der Waals surface area contributed by atoms with E-state index in [0.29, 0.717) is 23.5 Å². The van der Waals surface area contributed by atoms with Crippen LogP contribution in [0.25, 0.3) is 0 Å². The van der Waals surface area contributed by atoms with Crippen molar-refractivity contribution in [3.8, 4) is 11.5 Å². The van der Waals surface area contributed by atoms with E-state index in [9.17, 15) is 5.11 Å². The molecule has 23 heavy (non-hydrogen) atoms. The highest BCUT2D eigenvalue weighted by atomic mass is 79.9. The summed E-state index contributed by atoms with van der Waals surface area (Å²) in [5, 5.41) is 14.0. The fraction of sp³-hybridized carbons (Fsp3) is 0.625. The van der Waals surface area contributed by atoms with Crippen LogP contribution in [0.2, 0.25) is 0 Å². The molecule has 2 fully saturated rings. The Bertz CT molecular complexity index is 509. The van der Waals surface area contributed by atoms with Gasteiger partial charge in [-0.2, -0.15) is 0 Å². The van der Waals surface area contributed by atoms with Gasteiger partial charge in [0.1, 0.15) is 0 Å². The van der Waals surface area contributed by atoms with Gasteiger partial charge in [-0.25, -0.2) is 0 Å².